The monoisotopic (exact) mass is 445 g/mol. The van der Waals surface area contributed by atoms with E-state index in [2.05, 4.69) is 27.3 Å². The van der Waals surface area contributed by atoms with Crippen molar-refractivity contribution in [2.45, 2.75) is 64.5 Å². The lowest BCUT2D eigenvalue weighted by Crippen LogP contribution is -2.38. The highest BCUT2D eigenvalue weighted by atomic mass is 16.2. The minimum Gasteiger partial charge on any atom is -0.351 e. The predicted octanol–water partition coefficient (Wildman–Crippen LogP) is 4.05. The second kappa shape index (κ2) is 9.29. The molecule has 0 unspecified atom stereocenters. The molecule has 2 aliphatic rings. The van der Waals surface area contributed by atoms with Gasteiger partial charge in [-0.3, -0.25) is 14.5 Å². The molecule has 2 fully saturated rings. The molecule has 8 nitrogen and oxygen atoms in total. The molecule has 172 valence electrons. The van der Waals surface area contributed by atoms with Gasteiger partial charge < -0.3 is 10.2 Å². The molecule has 1 aliphatic carbocycles. The van der Waals surface area contributed by atoms with Gasteiger partial charge >= 0.3 is 0 Å². The van der Waals surface area contributed by atoms with Gasteiger partial charge in [-0.2, -0.15) is 5.10 Å². The van der Waals surface area contributed by atoms with Gasteiger partial charge in [-0.1, -0.05) is 6.92 Å². The highest BCUT2D eigenvalue weighted by molar-refractivity contribution is 5.95. The summed E-state index contributed by atoms with van der Waals surface area (Å²) in [6.07, 6.45) is 12.6. The van der Waals surface area contributed by atoms with Crippen molar-refractivity contribution in [3.05, 3.63) is 53.9 Å². The molecule has 1 N–H and O–H groups in total. The summed E-state index contributed by atoms with van der Waals surface area (Å²) in [5.41, 5.74) is 4.73. The first-order valence-corrected chi connectivity index (χ1v) is 12.0. The molecular formula is C25H31N7O. The highest BCUT2D eigenvalue weighted by Crippen LogP contribution is 2.35. The molecule has 8 heteroatoms. The first-order chi connectivity index (χ1) is 16.1. The number of hydrogen-bond acceptors (Lipinski definition) is 6. The van der Waals surface area contributed by atoms with Crippen LogP contribution >= 0.6 is 0 Å². The molecule has 33 heavy (non-hydrogen) atoms. The lowest BCUT2D eigenvalue weighted by atomic mass is 9.89. The zero-order valence-corrected chi connectivity index (χ0v) is 19.4. The van der Waals surface area contributed by atoms with E-state index in [0.717, 1.165) is 53.9 Å². The predicted molar refractivity (Wildman–Crippen MR) is 127 cm³/mol. The Kier molecular flexibility index (Phi) is 6.07. The van der Waals surface area contributed by atoms with Gasteiger partial charge in [0, 0.05) is 61.9 Å². The number of carbonyl (C=O) groups excluding carboxylic acids is 1. The molecular weight excluding hydrogens is 414 g/mol. The van der Waals surface area contributed by atoms with Crippen LogP contribution in [0.25, 0.3) is 11.1 Å². The minimum absolute atomic E-state index is 0.0847. The molecule has 0 bridgehead atoms. The van der Waals surface area contributed by atoms with Gasteiger partial charge in [0.2, 0.25) is 5.95 Å². The average Bonchev–Trinajstić information content (AvgIpc) is 3.59. The van der Waals surface area contributed by atoms with Gasteiger partial charge in [0.25, 0.3) is 5.91 Å². The van der Waals surface area contributed by atoms with Gasteiger partial charge in [0.05, 0.1) is 17.0 Å². The fourth-order valence-electron chi connectivity index (χ4n) is 4.54. The number of likely N-dealkylation sites (tertiary alicyclic amines) is 1. The Balaban J connectivity index is 1.34. The van der Waals surface area contributed by atoms with Gasteiger partial charge in [-0.15, -0.1) is 0 Å². The molecule has 0 radical (unpaired) electrons. The molecule has 3 aromatic rings. The smallest absolute Gasteiger partial charge is 0.257 e. The van der Waals surface area contributed by atoms with Crippen LogP contribution in [0.5, 0.6) is 0 Å². The molecule has 0 spiro atoms. The summed E-state index contributed by atoms with van der Waals surface area (Å²) >= 11 is 0. The van der Waals surface area contributed by atoms with Gasteiger partial charge in [0.1, 0.15) is 0 Å². The molecule has 1 saturated carbocycles. The summed E-state index contributed by atoms with van der Waals surface area (Å²) in [6, 6.07) is 4.51. The minimum atomic E-state index is 0.0847. The highest BCUT2D eigenvalue weighted by Gasteiger charge is 2.30. The van der Waals surface area contributed by atoms with Crippen molar-refractivity contribution in [2.75, 3.05) is 18.4 Å². The summed E-state index contributed by atoms with van der Waals surface area (Å²) in [4.78, 5) is 28.8. The van der Waals surface area contributed by atoms with Gasteiger partial charge in [0.15, 0.2) is 0 Å². The number of piperidine rings is 1. The SMILES string of the molecule is CCCn1cc(C(=O)N2CCC(c3nc(NC4CC4)ncc3-c3ccncc3)CC2)c(C)n1. The van der Waals surface area contributed by atoms with E-state index in [1.165, 1.54) is 12.8 Å². The van der Waals surface area contributed by atoms with Crippen molar-refractivity contribution in [1.82, 2.24) is 29.6 Å². The Hall–Kier alpha value is -3.29. The standard InChI is InChI=1S/C25H31N7O/c1-3-12-32-16-22(17(2)30-32)24(33)31-13-8-19(9-14-31)23-21(18-6-10-26-11-7-18)15-27-25(29-23)28-20-4-5-20/h6-7,10-11,15-16,19-20H,3-5,8-9,12-14H2,1-2H3,(H,27,28,29). The van der Waals surface area contributed by atoms with Crippen LogP contribution in [0.2, 0.25) is 0 Å². The third-order valence-electron chi connectivity index (χ3n) is 6.52. The first kappa shape index (κ1) is 21.6. The fourth-order valence-corrected chi connectivity index (χ4v) is 4.54. The molecule has 1 saturated heterocycles. The topological polar surface area (TPSA) is 88.8 Å². The Bertz CT molecular complexity index is 1120. The van der Waals surface area contributed by atoms with Crippen LogP contribution in [0.4, 0.5) is 5.95 Å². The van der Waals surface area contributed by atoms with E-state index in [4.69, 9.17) is 4.98 Å². The van der Waals surface area contributed by atoms with Crippen molar-refractivity contribution < 1.29 is 4.79 Å². The fraction of sp³-hybridized carbons (Fsp3) is 0.480. The zero-order chi connectivity index (χ0) is 22.8. The Labute approximate surface area is 194 Å². The number of nitrogens with zero attached hydrogens (tertiary/aromatic N) is 6. The van der Waals surface area contributed by atoms with E-state index in [1.807, 2.05) is 41.0 Å². The summed E-state index contributed by atoms with van der Waals surface area (Å²) in [5.74, 6) is 1.08. The van der Waals surface area contributed by atoms with Crippen molar-refractivity contribution >= 4 is 11.9 Å². The molecule has 5 rings (SSSR count). The first-order valence-electron chi connectivity index (χ1n) is 12.0. The maximum absolute atomic E-state index is 13.2. The number of hydrogen-bond donors (Lipinski definition) is 1. The van der Waals surface area contributed by atoms with Crippen LogP contribution in [-0.4, -0.2) is 54.7 Å². The molecule has 0 aromatic carbocycles. The van der Waals surface area contributed by atoms with Crippen LogP contribution in [0, 0.1) is 6.92 Å². The van der Waals surface area contributed by atoms with Crippen molar-refractivity contribution in [3.8, 4) is 11.1 Å². The van der Waals surface area contributed by atoms with Crippen LogP contribution in [0.3, 0.4) is 0 Å². The third-order valence-corrected chi connectivity index (χ3v) is 6.52. The molecule has 0 atom stereocenters. The van der Waals surface area contributed by atoms with E-state index >= 15 is 0 Å². The molecule has 1 aliphatic heterocycles. The van der Waals surface area contributed by atoms with E-state index in [1.54, 1.807) is 12.4 Å². The quantitative estimate of drug-likeness (QED) is 0.590. The number of anilines is 1. The Morgan fingerprint density at radius 3 is 2.61 bits per heavy atom. The second-order valence-electron chi connectivity index (χ2n) is 9.10. The van der Waals surface area contributed by atoms with Gasteiger partial charge in [-0.25, -0.2) is 9.97 Å². The number of amides is 1. The number of nitrogens with one attached hydrogen (secondary N) is 1. The maximum Gasteiger partial charge on any atom is 0.257 e. The Morgan fingerprint density at radius 1 is 1.15 bits per heavy atom. The second-order valence-corrected chi connectivity index (χ2v) is 9.10. The zero-order valence-electron chi connectivity index (χ0n) is 19.4. The van der Waals surface area contributed by atoms with Crippen molar-refractivity contribution in [3.63, 3.8) is 0 Å². The number of aryl methyl sites for hydroxylation is 2. The third kappa shape index (κ3) is 4.74. The number of rotatable bonds is 7. The van der Waals surface area contributed by atoms with Crippen LogP contribution in [-0.2, 0) is 6.54 Å². The lowest BCUT2D eigenvalue weighted by Gasteiger charge is -2.32. The van der Waals surface area contributed by atoms with Crippen LogP contribution in [0.1, 0.15) is 66.7 Å². The van der Waals surface area contributed by atoms with Crippen molar-refractivity contribution in [2.24, 2.45) is 0 Å². The largest absolute Gasteiger partial charge is 0.351 e. The van der Waals surface area contributed by atoms with E-state index in [-0.39, 0.29) is 11.8 Å². The maximum atomic E-state index is 13.2. The molecule has 4 heterocycles. The molecule has 1 amide bonds. The normalized spacial score (nSPS) is 16.7. The van der Waals surface area contributed by atoms with E-state index in [0.29, 0.717) is 25.1 Å². The summed E-state index contributed by atoms with van der Waals surface area (Å²) in [5, 5.41) is 7.94. The van der Waals surface area contributed by atoms with Crippen molar-refractivity contribution in [1.29, 1.82) is 0 Å². The van der Waals surface area contributed by atoms with E-state index in [9.17, 15) is 4.79 Å². The lowest BCUT2D eigenvalue weighted by molar-refractivity contribution is 0.0711. The summed E-state index contributed by atoms with van der Waals surface area (Å²) in [7, 11) is 0. The molecule has 3 aromatic heterocycles. The van der Waals surface area contributed by atoms with Gasteiger partial charge in [-0.05, 0) is 56.7 Å². The van der Waals surface area contributed by atoms with Crippen LogP contribution in [0.15, 0.2) is 36.9 Å². The number of pyridine rings is 1. The summed E-state index contributed by atoms with van der Waals surface area (Å²) in [6.45, 7) is 6.30. The number of carbonyl (C=O) groups is 1. The Morgan fingerprint density at radius 2 is 1.91 bits per heavy atom. The average molecular weight is 446 g/mol. The van der Waals surface area contributed by atoms with Crippen LogP contribution < -0.4 is 5.32 Å². The number of aromatic nitrogens is 5. The summed E-state index contributed by atoms with van der Waals surface area (Å²) < 4.78 is 1.88. The van der Waals surface area contributed by atoms with E-state index < -0.39 is 0 Å².